The van der Waals surface area contributed by atoms with E-state index in [4.69, 9.17) is 16.3 Å². The second-order valence-corrected chi connectivity index (χ2v) is 6.79. The summed E-state index contributed by atoms with van der Waals surface area (Å²) in [6.45, 7) is 5.03. The van der Waals surface area contributed by atoms with Crippen LogP contribution in [0.1, 0.15) is 39.2 Å². The molecule has 132 valence electrons. The molecule has 0 bridgehead atoms. The Kier molecular flexibility index (Phi) is 4.81. The lowest BCUT2D eigenvalue weighted by Crippen LogP contribution is -2.42. The van der Waals surface area contributed by atoms with Gasteiger partial charge in [-0.1, -0.05) is 11.6 Å². The number of anilines is 1. The van der Waals surface area contributed by atoms with Crippen LogP contribution in [-0.4, -0.2) is 28.5 Å². The summed E-state index contributed by atoms with van der Waals surface area (Å²) in [7, 11) is 0. The summed E-state index contributed by atoms with van der Waals surface area (Å²) in [5.74, 6) is -1.27. The Bertz CT molecular complexity index is 671. The van der Waals surface area contributed by atoms with Crippen molar-refractivity contribution in [3.8, 4) is 0 Å². The van der Waals surface area contributed by atoms with Gasteiger partial charge in [0.15, 0.2) is 5.82 Å². The Morgan fingerprint density at radius 1 is 1.38 bits per heavy atom. The lowest BCUT2D eigenvalue weighted by atomic mass is 10.1. The molecule has 0 N–H and O–H groups in total. The normalized spacial score (nSPS) is 18.9. The van der Waals surface area contributed by atoms with Crippen LogP contribution < -0.4 is 4.90 Å². The fourth-order valence-corrected chi connectivity index (χ4v) is 2.56. The van der Waals surface area contributed by atoms with Gasteiger partial charge >= 0.3 is 12.1 Å². The van der Waals surface area contributed by atoms with E-state index in [2.05, 4.69) is 4.98 Å². The van der Waals surface area contributed by atoms with Crippen molar-refractivity contribution in [2.75, 3.05) is 4.90 Å². The van der Waals surface area contributed by atoms with Crippen molar-refractivity contribution in [1.29, 1.82) is 0 Å². The summed E-state index contributed by atoms with van der Waals surface area (Å²) in [6, 6.07) is -0.278. The van der Waals surface area contributed by atoms with Gasteiger partial charge in [0.1, 0.15) is 11.6 Å². The maximum atomic E-state index is 12.7. The molecule has 1 saturated heterocycles. The van der Waals surface area contributed by atoms with Crippen LogP contribution in [0.25, 0.3) is 0 Å². The molecular formula is C15H16ClF3N2O3. The summed E-state index contributed by atoms with van der Waals surface area (Å²) in [6.07, 6.45) is -3.77. The number of rotatable bonds is 2. The molecule has 1 aromatic rings. The number of ether oxygens (including phenoxy) is 1. The number of esters is 1. The summed E-state index contributed by atoms with van der Waals surface area (Å²) in [4.78, 5) is 29.0. The van der Waals surface area contributed by atoms with E-state index in [1.807, 2.05) is 0 Å². The van der Waals surface area contributed by atoms with E-state index < -0.39 is 35.3 Å². The van der Waals surface area contributed by atoms with Crippen molar-refractivity contribution in [2.24, 2.45) is 0 Å². The van der Waals surface area contributed by atoms with Crippen molar-refractivity contribution >= 4 is 29.3 Å². The summed E-state index contributed by atoms with van der Waals surface area (Å²) in [5.41, 5.74) is -1.79. The first-order valence-electron chi connectivity index (χ1n) is 7.18. The second kappa shape index (κ2) is 6.23. The minimum atomic E-state index is -4.60. The molecule has 0 aromatic carbocycles. The maximum absolute atomic E-state index is 12.7. The molecule has 2 heterocycles. The Morgan fingerprint density at radius 2 is 2.00 bits per heavy atom. The van der Waals surface area contributed by atoms with Crippen LogP contribution in [0.15, 0.2) is 12.3 Å². The number of amides is 1. The van der Waals surface area contributed by atoms with E-state index in [0.717, 1.165) is 4.90 Å². The third kappa shape index (κ3) is 3.98. The molecule has 1 aliphatic heterocycles. The van der Waals surface area contributed by atoms with Crippen LogP contribution in [0.5, 0.6) is 0 Å². The van der Waals surface area contributed by atoms with Crippen LogP contribution in [0.2, 0.25) is 5.02 Å². The molecule has 5 nitrogen and oxygen atoms in total. The van der Waals surface area contributed by atoms with E-state index in [0.29, 0.717) is 12.3 Å². The smallest absolute Gasteiger partial charge is 0.417 e. The highest BCUT2D eigenvalue weighted by molar-refractivity contribution is 6.33. The van der Waals surface area contributed by atoms with Gasteiger partial charge in [-0.15, -0.1) is 0 Å². The van der Waals surface area contributed by atoms with Gasteiger partial charge in [-0.25, -0.2) is 9.78 Å². The van der Waals surface area contributed by atoms with Gasteiger partial charge in [-0.2, -0.15) is 13.2 Å². The molecular weight excluding hydrogens is 349 g/mol. The van der Waals surface area contributed by atoms with Gasteiger partial charge in [-0.05, 0) is 33.3 Å². The molecule has 1 atom stereocenters. The SMILES string of the molecule is CC(C)(C)OC(=O)[C@@H]1CCC(=O)N1c1ncc(C(F)(F)F)cc1Cl. The lowest BCUT2D eigenvalue weighted by molar-refractivity contribution is -0.156. The molecule has 0 aliphatic carbocycles. The van der Waals surface area contributed by atoms with E-state index >= 15 is 0 Å². The largest absolute Gasteiger partial charge is 0.458 e. The number of pyridine rings is 1. The number of alkyl halides is 3. The maximum Gasteiger partial charge on any atom is 0.417 e. The van der Waals surface area contributed by atoms with Crippen LogP contribution >= 0.6 is 11.6 Å². The first kappa shape index (κ1) is 18.5. The van der Waals surface area contributed by atoms with Crippen molar-refractivity contribution in [3.63, 3.8) is 0 Å². The highest BCUT2D eigenvalue weighted by Gasteiger charge is 2.41. The summed E-state index contributed by atoms with van der Waals surface area (Å²) in [5, 5.41) is -0.353. The molecule has 24 heavy (non-hydrogen) atoms. The number of carbonyl (C=O) groups excluding carboxylic acids is 2. The van der Waals surface area contributed by atoms with Gasteiger partial charge < -0.3 is 4.74 Å². The molecule has 1 fully saturated rings. The molecule has 1 amide bonds. The summed E-state index contributed by atoms with van der Waals surface area (Å²) < 4.78 is 43.3. The molecule has 1 aliphatic rings. The van der Waals surface area contributed by atoms with Crippen molar-refractivity contribution in [3.05, 3.63) is 22.8 Å². The number of nitrogens with zero attached hydrogens (tertiary/aromatic N) is 2. The van der Waals surface area contributed by atoms with Gasteiger partial charge in [0, 0.05) is 12.6 Å². The zero-order chi connectivity index (χ0) is 18.3. The summed E-state index contributed by atoms with van der Waals surface area (Å²) >= 11 is 5.88. The number of hydrogen-bond acceptors (Lipinski definition) is 4. The quantitative estimate of drug-likeness (QED) is 0.752. The van der Waals surface area contributed by atoms with Crippen molar-refractivity contribution < 1.29 is 27.5 Å². The molecule has 9 heteroatoms. The van der Waals surface area contributed by atoms with Gasteiger partial charge in [0.05, 0.1) is 10.6 Å². The van der Waals surface area contributed by atoms with E-state index in [1.165, 1.54) is 0 Å². The number of halogens is 4. The van der Waals surface area contributed by atoms with Gasteiger partial charge in [-0.3, -0.25) is 9.69 Å². The Balaban J connectivity index is 2.34. The highest BCUT2D eigenvalue weighted by atomic mass is 35.5. The third-order valence-corrected chi connectivity index (χ3v) is 3.55. The average Bonchev–Trinajstić information content (AvgIpc) is 2.77. The number of carbonyl (C=O) groups is 2. The van der Waals surface area contributed by atoms with E-state index in [-0.39, 0.29) is 23.7 Å². The van der Waals surface area contributed by atoms with Gasteiger partial charge in [0.2, 0.25) is 5.91 Å². The molecule has 0 unspecified atom stereocenters. The van der Waals surface area contributed by atoms with Crippen molar-refractivity contribution in [2.45, 2.75) is 51.4 Å². The van der Waals surface area contributed by atoms with Gasteiger partial charge in [0.25, 0.3) is 0 Å². The zero-order valence-electron chi connectivity index (χ0n) is 13.3. The average molecular weight is 365 g/mol. The Morgan fingerprint density at radius 3 is 2.50 bits per heavy atom. The predicted octanol–water partition coefficient (Wildman–Crippen LogP) is 3.59. The molecule has 2 rings (SSSR count). The van der Waals surface area contributed by atoms with Crippen LogP contribution in [0, 0.1) is 0 Å². The molecule has 0 saturated carbocycles. The Labute approximate surface area is 141 Å². The minimum Gasteiger partial charge on any atom is -0.458 e. The second-order valence-electron chi connectivity index (χ2n) is 6.38. The first-order chi connectivity index (χ1) is 10.9. The highest BCUT2D eigenvalue weighted by Crippen LogP contribution is 2.36. The fourth-order valence-electron chi connectivity index (χ4n) is 2.31. The fraction of sp³-hybridized carbons (Fsp3) is 0.533. The minimum absolute atomic E-state index is 0.0585. The number of hydrogen-bond donors (Lipinski definition) is 0. The molecule has 1 aromatic heterocycles. The third-order valence-electron chi connectivity index (χ3n) is 3.27. The van der Waals surface area contributed by atoms with Crippen molar-refractivity contribution in [1.82, 2.24) is 4.98 Å². The van der Waals surface area contributed by atoms with E-state index in [1.54, 1.807) is 20.8 Å². The number of aromatic nitrogens is 1. The van der Waals surface area contributed by atoms with E-state index in [9.17, 15) is 22.8 Å². The lowest BCUT2D eigenvalue weighted by Gasteiger charge is -2.27. The Hall–Kier alpha value is -1.83. The predicted molar refractivity (Wildman–Crippen MR) is 80.6 cm³/mol. The standard InChI is InChI=1S/C15H16ClF3N2O3/c1-14(2,3)24-13(23)10-4-5-11(22)21(10)12-9(16)6-8(7-20-12)15(17,18)19/h6-7,10H,4-5H2,1-3H3/t10-/m0/s1. The van der Waals surface area contributed by atoms with Crippen LogP contribution in [0.3, 0.4) is 0 Å². The first-order valence-corrected chi connectivity index (χ1v) is 7.55. The molecule has 0 spiro atoms. The molecule has 0 radical (unpaired) electrons. The monoisotopic (exact) mass is 364 g/mol. The van der Waals surface area contributed by atoms with Crippen LogP contribution in [-0.2, 0) is 20.5 Å². The van der Waals surface area contributed by atoms with Crippen LogP contribution in [0.4, 0.5) is 19.0 Å². The topological polar surface area (TPSA) is 59.5 Å². The zero-order valence-corrected chi connectivity index (χ0v) is 14.0.